The summed E-state index contributed by atoms with van der Waals surface area (Å²) in [5, 5.41) is 1.21. The molecule has 0 aliphatic carbocycles. The molecular formula is C11H9N3. The van der Waals surface area contributed by atoms with Gasteiger partial charge >= 0.3 is 0 Å². The quantitative estimate of drug-likeness (QED) is 0.664. The van der Waals surface area contributed by atoms with E-state index < -0.39 is 0 Å². The lowest BCUT2D eigenvalue weighted by molar-refractivity contribution is 1.17. The molecule has 0 atom stereocenters. The fourth-order valence-corrected chi connectivity index (χ4v) is 1.78. The molecule has 3 rings (SSSR count). The summed E-state index contributed by atoms with van der Waals surface area (Å²) >= 11 is 0. The fraction of sp³-hybridized carbons (Fsp3) is 0. The van der Waals surface area contributed by atoms with Crippen LogP contribution in [-0.4, -0.2) is 10.8 Å². The van der Waals surface area contributed by atoms with Gasteiger partial charge in [0.15, 0.2) is 0 Å². The third-order valence-corrected chi connectivity index (χ3v) is 2.40. The summed E-state index contributed by atoms with van der Waals surface area (Å²) in [5.41, 5.74) is 7.96. The van der Waals surface area contributed by atoms with Crippen LogP contribution in [0, 0.1) is 0 Å². The van der Waals surface area contributed by atoms with Crippen LogP contribution in [0.4, 0.5) is 0 Å². The monoisotopic (exact) mass is 183 g/mol. The maximum absolute atomic E-state index is 5.69. The SMILES string of the molecule is NC1=Cn2ccc3cccc(c32)C=N1. The van der Waals surface area contributed by atoms with Crippen molar-refractivity contribution < 1.29 is 0 Å². The molecule has 1 aromatic heterocycles. The fourth-order valence-electron chi connectivity index (χ4n) is 1.78. The summed E-state index contributed by atoms with van der Waals surface area (Å²) in [4.78, 5) is 4.13. The van der Waals surface area contributed by atoms with Gasteiger partial charge in [0.05, 0.1) is 11.7 Å². The number of benzene rings is 1. The van der Waals surface area contributed by atoms with Gasteiger partial charge in [-0.05, 0) is 6.07 Å². The molecule has 0 saturated heterocycles. The molecule has 1 aliphatic heterocycles. The normalized spacial score (nSPS) is 14.1. The first-order chi connectivity index (χ1) is 6.84. The van der Waals surface area contributed by atoms with Crippen molar-refractivity contribution >= 4 is 23.3 Å². The zero-order valence-electron chi connectivity index (χ0n) is 7.51. The van der Waals surface area contributed by atoms with Gasteiger partial charge in [-0.15, -0.1) is 0 Å². The van der Waals surface area contributed by atoms with E-state index in [-0.39, 0.29) is 0 Å². The maximum Gasteiger partial charge on any atom is 0.140 e. The number of rotatable bonds is 0. The molecule has 0 amide bonds. The summed E-state index contributed by atoms with van der Waals surface area (Å²) in [6, 6.07) is 8.21. The molecule has 0 unspecified atom stereocenters. The molecule has 2 N–H and O–H groups in total. The number of nitrogens with zero attached hydrogens (tertiary/aromatic N) is 2. The minimum absolute atomic E-state index is 0.527. The van der Waals surface area contributed by atoms with Crippen LogP contribution in [-0.2, 0) is 0 Å². The number of para-hydroxylation sites is 1. The Labute approximate surface area is 81.2 Å². The summed E-state index contributed by atoms with van der Waals surface area (Å²) in [6.07, 6.45) is 5.63. The maximum atomic E-state index is 5.69. The van der Waals surface area contributed by atoms with Crippen LogP contribution in [0.3, 0.4) is 0 Å². The van der Waals surface area contributed by atoms with Gasteiger partial charge in [-0.1, -0.05) is 18.2 Å². The molecule has 0 bridgehead atoms. The number of nitrogens with two attached hydrogens (primary N) is 1. The van der Waals surface area contributed by atoms with Gasteiger partial charge in [0.1, 0.15) is 5.82 Å². The van der Waals surface area contributed by atoms with E-state index in [2.05, 4.69) is 17.1 Å². The molecule has 1 aromatic carbocycles. The predicted molar refractivity (Wildman–Crippen MR) is 58.0 cm³/mol. The highest BCUT2D eigenvalue weighted by Gasteiger charge is 2.06. The van der Waals surface area contributed by atoms with E-state index in [1.807, 2.05) is 29.1 Å². The number of aliphatic imine (C=N–C) groups is 1. The minimum atomic E-state index is 0.527. The van der Waals surface area contributed by atoms with Crippen molar-refractivity contribution in [3.05, 3.63) is 41.8 Å². The van der Waals surface area contributed by atoms with E-state index >= 15 is 0 Å². The zero-order chi connectivity index (χ0) is 9.54. The molecule has 2 heterocycles. The van der Waals surface area contributed by atoms with Crippen molar-refractivity contribution in [2.75, 3.05) is 0 Å². The first kappa shape index (κ1) is 7.38. The molecular weight excluding hydrogens is 174 g/mol. The van der Waals surface area contributed by atoms with Crippen LogP contribution in [0.2, 0.25) is 0 Å². The predicted octanol–water partition coefficient (Wildman–Crippen LogP) is 1.79. The average molecular weight is 183 g/mol. The highest BCUT2D eigenvalue weighted by Crippen LogP contribution is 2.21. The van der Waals surface area contributed by atoms with Crippen LogP contribution < -0.4 is 5.73 Å². The molecule has 3 nitrogen and oxygen atoms in total. The lowest BCUT2D eigenvalue weighted by Gasteiger charge is -1.98. The first-order valence-electron chi connectivity index (χ1n) is 4.45. The van der Waals surface area contributed by atoms with Gasteiger partial charge in [0, 0.05) is 23.4 Å². The Morgan fingerprint density at radius 3 is 3.07 bits per heavy atom. The van der Waals surface area contributed by atoms with E-state index in [4.69, 9.17) is 5.73 Å². The summed E-state index contributed by atoms with van der Waals surface area (Å²) in [5.74, 6) is 0.527. The summed E-state index contributed by atoms with van der Waals surface area (Å²) in [7, 11) is 0. The number of hydrogen-bond acceptors (Lipinski definition) is 2. The second-order valence-electron chi connectivity index (χ2n) is 3.32. The third-order valence-electron chi connectivity index (χ3n) is 2.40. The lowest BCUT2D eigenvalue weighted by Crippen LogP contribution is -1.93. The summed E-state index contributed by atoms with van der Waals surface area (Å²) < 4.78 is 2.01. The van der Waals surface area contributed by atoms with Crippen molar-refractivity contribution in [1.29, 1.82) is 0 Å². The highest BCUT2D eigenvalue weighted by molar-refractivity contribution is 6.00. The van der Waals surface area contributed by atoms with Crippen LogP contribution in [0.15, 0.2) is 41.3 Å². The van der Waals surface area contributed by atoms with Gasteiger partial charge in [-0.25, -0.2) is 4.99 Å². The highest BCUT2D eigenvalue weighted by atomic mass is 15.0. The van der Waals surface area contributed by atoms with Crippen molar-refractivity contribution in [2.45, 2.75) is 0 Å². The van der Waals surface area contributed by atoms with E-state index in [0.717, 1.165) is 11.1 Å². The summed E-state index contributed by atoms with van der Waals surface area (Å²) in [6.45, 7) is 0. The Morgan fingerprint density at radius 1 is 1.21 bits per heavy atom. The third kappa shape index (κ3) is 0.893. The van der Waals surface area contributed by atoms with E-state index in [1.165, 1.54) is 5.39 Å². The van der Waals surface area contributed by atoms with Crippen molar-refractivity contribution in [3.63, 3.8) is 0 Å². The number of aromatic nitrogens is 1. The van der Waals surface area contributed by atoms with Crippen molar-refractivity contribution in [2.24, 2.45) is 10.7 Å². The largest absolute Gasteiger partial charge is 0.382 e. The molecule has 0 saturated carbocycles. The van der Waals surface area contributed by atoms with E-state index in [0.29, 0.717) is 5.82 Å². The van der Waals surface area contributed by atoms with Gasteiger partial charge in [-0.3, -0.25) is 0 Å². The topological polar surface area (TPSA) is 43.3 Å². The van der Waals surface area contributed by atoms with E-state index in [9.17, 15) is 0 Å². The molecule has 14 heavy (non-hydrogen) atoms. The average Bonchev–Trinajstić information content (AvgIpc) is 2.51. The second kappa shape index (κ2) is 2.48. The second-order valence-corrected chi connectivity index (χ2v) is 3.32. The van der Waals surface area contributed by atoms with Crippen LogP contribution >= 0.6 is 0 Å². The zero-order valence-corrected chi connectivity index (χ0v) is 7.51. The van der Waals surface area contributed by atoms with Gasteiger partial charge in [-0.2, -0.15) is 0 Å². The van der Waals surface area contributed by atoms with Crippen LogP contribution in [0.1, 0.15) is 5.56 Å². The molecule has 0 radical (unpaired) electrons. The molecule has 2 aromatic rings. The Morgan fingerprint density at radius 2 is 2.14 bits per heavy atom. The number of hydrogen-bond donors (Lipinski definition) is 1. The molecule has 3 heteroatoms. The lowest BCUT2D eigenvalue weighted by atomic mass is 10.1. The molecule has 68 valence electrons. The Bertz CT molecular complexity index is 561. The molecule has 0 fully saturated rings. The van der Waals surface area contributed by atoms with Crippen LogP contribution in [0.5, 0.6) is 0 Å². The standard InChI is InChI=1S/C11H9N3/c12-10-7-14-5-4-8-2-1-3-9(6-13-10)11(8)14/h1-7H,12H2. The van der Waals surface area contributed by atoms with Gasteiger partial charge < -0.3 is 10.3 Å². The van der Waals surface area contributed by atoms with Crippen molar-refractivity contribution in [3.8, 4) is 0 Å². The Balaban J connectivity index is 2.50. The Kier molecular flexibility index (Phi) is 1.31. The minimum Gasteiger partial charge on any atom is -0.382 e. The van der Waals surface area contributed by atoms with Gasteiger partial charge in [0.2, 0.25) is 0 Å². The van der Waals surface area contributed by atoms with Crippen LogP contribution in [0.25, 0.3) is 17.1 Å². The van der Waals surface area contributed by atoms with E-state index in [1.54, 1.807) is 6.21 Å². The van der Waals surface area contributed by atoms with Crippen molar-refractivity contribution in [1.82, 2.24) is 4.57 Å². The first-order valence-corrected chi connectivity index (χ1v) is 4.45. The smallest absolute Gasteiger partial charge is 0.140 e. The molecule has 0 spiro atoms. The Hall–Kier alpha value is -2.03. The molecule has 1 aliphatic rings. The van der Waals surface area contributed by atoms with Gasteiger partial charge in [0.25, 0.3) is 0 Å².